The first-order valence-electron chi connectivity index (χ1n) is 28.2. The lowest BCUT2D eigenvalue weighted by molar-refractivity contribution is 0.101. The molecule has 0 spiro atoms. The van der Waals surface area contributed by atoms with Crippen molar-refractivity contribution < 1.29 is 9.59 Å². The first kappa shape index (κ1) is 52.9. The fourth-order valence-corrected chi connectivity index (χ4v) is 11.7. The molecule has 0 aliphatic carbocycles. The molecule has 0 aliphatic rings. The van der Waals surface area contributed by atoms with E-state index < -0.39 is 0 Å². The summed E-state index contributed by atoms with van der Waals surface area (Å²) in [5.74, 6) is -0.167. The predicted molar refractivity (Wildman–Crippen MR) is 347 cm³/mol. The third-order valence-corrected chi connectivity index (χ3v) is 16.1. The summed E-state index contributed by atoms with van der Waals surface area (Å²) >= 11 is 0. The van der Waals surface area contributed by atoms with Gasteiger partial charge in [-0.1, -0.05) is 142 Å². The fraction of sp³-hybridized carbons (Fsp3) is 0.132. The second-order valence-electron chi connectivity index (χ2n) is 22.4. The molecule has 402 valence electrons. The number of ketones is 2. The van der Waals surface area contributed by atoms with Gasteiger partial charge in [-0.3, -0.25) is 9.59 Å². The van der Waals surface area contributed by atoms with Crippen LogP contribution in [0.2, 0.25) is 0 Å². The molecule has 0 radical (unpaired) electrons. The van der Waals surface area contributed by atoms with Gasteiger partial charge < -0.3 is 19.6 Å². The highest BCUT2D eigenvalue weighted by Crippen LogP contribution is 2.57. The van der Waals surface area contributed by atoms with Gasteiger partial charge in [0.15, 0.2) is 11.6 Å². The second-order valence-corrected chi connectivity index (χ2v) is 22.4. The molecule has 12 rings (SSSR count). The SMILES string of the molecule is CC(=O)c1cc2c(N(c3ccc(C)cc3)c3ccc(C)cc3)cc(N(c3ccc(C)cc3)c3ccc(C)cc3)c3c(C(C)=O)cc4c(N(c5ccc(C)cc5)c5ccc(C)cc5)cc(N(c5ccc(C)cc5)c5ccc(C)cc5)c1c4c23. The fourth-order valence-electron chi connectivity index (χ4n) is 11.7. The van der Waals surface area contributed by atoms with E-state index in [9.17, 15) is 0 Å². The van der Waals surface area contributed by atoms with Crippen LogP contribution in [0.5, 0.6) is 0 Å². The number of benzene rings is 12. The number of aryl methyl sites for hydroxylation is 8. The first-order valence-corrected chi connectivity index (χ1v) is 28.2. The van der Waals surface area contributed by atoms with Gasteiger partial charge in [-0.15, -0.1) is 0 Å². The zero-order chi connectivity index (χ0) is 57.1. The molecule has 0 unspecified atom stereocenters. The molecule has 12 aromatic carbocycles. The van der Waals surface area contributed by atoms with Gasteiger partial charge in [0.05, 0.1) is 22.7 Å². The maximum atomic E-state index is 15.3. The maximum Gasteiger partial charge on any atom is 0.160 e. The van der Waals surface area contributed by atoms with Crippen molar-refractivity contribution in [3.05, 3.63) is 274 Å². The number of Topliss-reactive ketones (excluding diaryl/α,β-unsaturated/α-hetero) is 2. The van der Waals surface area contributed by atoms with Gasteiger partial charge in [0.25, 0.3) is 0 Å². The van der Waals surface area contributed by atoms with Crippen LogP contribution >= 0.6 is 0 Å². The molecule has 12 aromatic rings. The Morgan fingerprint density at radius 2 is 0.402 bits per heavy atom. The summed E-state index contributed by atoms with van der Waals surface area (Å²) in [6.07, 6.45) is 0. The quantitative estimate of drug-likeness (QED) is 0.0799. The minimum Gasteiger partial charge on any atom is -0.310 e. The van der Waals surface area contributed by atoms with E-state index in [4.69, 9.17) is 0 Å². The van der Waals surface area contributed by atoms with E-state index in [2.05, 4.69) is 293 Å². The van der Waals surface area contributed by atoms with E-state index in [1.54, 1.807) is 13.8 Å². The van der Waals surface area contributed by atoms with Crippen LogP contribution in [0, 0.1) is 55.4 Å². The monoisotopic (exact) mass is 1070 g/mol. The number of nitrogens with zero attached hydrogens (tertiary/aromatic N) is 4. The molecule has 0 bridgehead atoms. The zero-order valence-electron chi connectivity index (χ0n) is 48.4. The van der Waals surface area contributed by atoms with Crippen LogP contribution in [-0.4, -0.2) is 11.6 Å². The van der Waals surface area contributed by atoms with Crippen molar-refractivity contribution in [2.75, 3.05) is 19.6 Å². The largest absolute Gasteiger partial charge is 0.310 e. The molecule has 0 atom stereocenters. The minimum absolute atomic E-state index is 0.0837. The highest BCUT2D eigenvalue weighted by molar-refractivity contribution is 6.38. The molecular formula is C76H66N4O2. The Hall–Kier alpha value is -9.78. The molecule has 0 aliphatic heterocycles. The van der Waals surface area contributed by atoms with Crippen LogP contribution in [-0.2, 0) is 0 Å². The average Bonchev–Trinajstić information content (AvgIpc) is 1.03. The Kier molecular flexibility index (Phi) is 13.8. The molecule has 0 saturated heterocycles. The number of carbonyl (C=O) groups excluding carboxylic acids is 2. The lowest BCUT2D eigenvalue weighted by Crippen LogP contribution is -2.18. The minimum atomic E-state index is -0.0837. The number of hydrogen-bond donors (Lipinski definition) is 0. The van der Waals surface area contributed by atoms with Crippen molar-refractivity contribution in [1.29, 1.82) is 0 Å². The van der Waals surface area contributed by atoms with E-state index >= 15 is 9.59 Å². The van der Waals surface area contributed by atoms with E-state index in [-0.39, 0.29) is 11.6 Å². The van der Waals surface area contributed by atoms with Crippen molar-refractivity contribution in [3.8, 4) is 0 Å². The van der Waals surface area contributed by atoms with Crippen LogP contribution in [0.4, 0.5) is 68.2 Å². The van der Waals surface area contributed by atoms with Crippen LogP contribution < -0.4 is 19.6 Å². The summed E-state index contributed by atoms with van der Waals surface area (Å²) in [5, 5.41) is 4.96. The van der Waals surface area contributed by atoms with E-state index in [1.165, 1.54) is 0 Å². The zero-order valence-corrected chi connectivity index (χ0v) is 48.4. The molecule has 0 fully saturated rings. The normalized spacial score (nSPS) is 11.4. The molecule has 82 heavy (non-hydrogen) atoms. The first-order chi connectivity index (χ1) is 39.6. The highest BCUT2D eigenvalue weighted by atomic mass is 16.1. The van der Waals surface area contributed by atoms with Crippen LogP contribution in [0.15, 0.2) is 218 Å². The Labute approximate surface area is 482 Å². The van der Waals surface area contributed by atoms with Crippen molar-refractivity contribution in [2.45, 2.75) is 69.2 Å². The topological polar surface area (TPSA) is 47.1 Å². The van der Waals surface area contributed by atoms with E-state index in [0.29, 0.717) is 11.1 Å². The van der Waals surface area contributed by atoms with E-state index in [1.807, 2.05) is 0 Å². The summed E-state index contributed by atoms with van der Waals surface area (Å²) in [5.41, 5.74) is 21.0. The average molecular weight is 1070 g/mol. The van der Waals surface area contributed by atoms with Gasteiger partial charge in [0.1, 0.15) is 0 Å². The number of hydrogen-bond acceptors (Lipinski definition) is 6. The van der Waals surface area contributed by atoms with Crippen molar-refractivity contribution in [1.82, 2.24) is 0 Å². The maximum absolute atomic E-state index is 15.3. The van der Waals surface area contributed by atoms with Crippen LogP contribution in [0.25, 0.3) is 32.3 Å². The van der Waals surface area contributed by atoms with Gasteiger partial charge in [-0.2, -0.15) is 0 Å². The lowest BCUT2D eigenvalue weighted by Gasteiger charge is -2.35. The summed E-state index contributed by atoms with van der Waals surface area (Å²) in [4.78, 5) is 39.9. The summed E-state index contributed by atoms with van der Waals surface area (Å²) in [7, 11) is 0. The smallest absolute Gasteiger partial charge is 0.160 e. The molecule has 0 N–H and O–H groups in total. The third kappa shape index (κ3) is 9.70. The Bertz CT molecular complexity index is 3890. The molecule has 0 heterocycles. The molecular weight excluding hydrogens is 1000 g/mol. The van der Waals surface area contributed by atoms with Gasteiger partial charge >= 0.3 is 0 Å². The highest BCUT2D eigenvalue weighted by Gasteiger charge is 2.33. The van der Waals surface area contributed by atoms with Gasteiger partial charge in [0.2, 0.25) is 0 Å². The number of rotatable bonds is 14. The standard InChI is InChI=1S/C76H66N4O2/c1-47-11-27-57(28-12-47)77(58-29-13-48(2)14-30-58)69-45-71(79(61-35-19-51(5)20-36-61)62-37-21-52(6)22-38-62)73-66(56(10)82)44-68-70(78(59-31-15-49(3)16-32-59)60-33-17-50(4)18-34-60)46-72(74-65(55(9)81)43-67(69)75(73)76(68)74)80(63-39-23-53(7)24-40-63)64-41-25-54(8)26-42-64/h11-46H,1-10H3. The molecule has 6 heteroatoms. The number of carbonyl (C=O) groups is 2. The summed E-state index contributed by atoms with van der Waals surface area (Å²) in [6.45, 7) is 20.3. The molecule has 0 amide bonds. The summed E-state index contributed by atoms with van der Waals surface area (Å²) < 4.78 is 0. The van der Waals surface area contributed by atoms with Crippen LogP contribution in [0.1, 0.15) is 79.1 Å². The molecule has 6 nitrogen and oxygen atoms in total. The number of anilines is 12. The van der Waals surface area contributed by atoms with Gasteiger partial charge in [0, 0.05) is 88.9 Å². The van der Waals surface area contributed by atoms with Gasteiger partial charge in [-0.05, 0) is 191 Å². The Balaban J connectivity index is 1.38. The molecule has 0 aromatic heterocycles. The van der Waals surface area contributed by atoms with Crippen LogP contribution in [0.3, 0.4) is 0 Å². The third-order valence-electron chi connectivity index (χ3n) is 16.1. The summed E-state index contributed by atoms with van der Waals surface area (Å²) in [6, 6.07) is 78.0. The lowest BCUT2D eigenvalue weighted by atomic mass is 9.83. The Morgan fingerprint density at radius 3 is 0.573 bits per heavy atom. The van der Waals surface area contributed by atoms with E-state index in [0.717, 1.165) is 145 Å². The van der Waals surface area contributed by atoms with Crippen molar-refractivity contribution >= 4 is 112 Å². The molecule has 0 saturated carbocycles. The van der Waals surface area contributed by atoms with Gasteiger partial charge in [-0.25, -0.2) is 0 Å². The van der Waals surface area contributed by atoms with Crippen molar-refractivity contribution in [2.24, 2.45) is 0 Å². The Morgan fingerprint density at radius 1 is 0.232 bits per heavy atom. The second kappa shape index (κ2) is 21.4. The van der Waals surface area contributed by atoms with Crippen molar-refractivity contribution in [3.63, 3.8) is 0 Å². The predicted octanol–water partition coefficient (Wildman–Crippen LogP) is 21.3.